The molecule has 0 bridgehead atoms. The Kier molecular flexibility index (Phi) is 11.4. The van der Waals surface area contributed by atoms with E-state index in [0.29, 0.717) is 10.5 Å². The summed E-state index contributed by atoms with van der Waals surface area (Å²) in [6.07, 6.45) is 6.80. The standard InChI is InChI=1S/C28H42S3/c1-9-19(7)29-25-15-21(11-3)27(22(12-4)16-25)31-28-23(13-5)17-26(18-24(28)14-6)30-20(8)10-2/h15-20H,9-14H2,1-8H3. The molecule has 2 aromatic rings. The van der Waals surface area contributed by atoms with Crippen LogP contribution in [0.2, 0.25) is 0 Å². The van der Waals surface area contributed by atoms with Crippen LogP contribution in [-0.4, -0.2) is 10.5 Å². The minimum absolute atomic E-state index is 0.668. The number of benzene rings is 2. The Morgan fingerprint density at radius 1 is 0.548 bits per heavy atom. The van der Waals surface area contributed by atoms with E-state index in [9.17, 15) is 0 Å². The molecule has 0 fully saturated rings. The maximum Gasteiger partial charge on any atom is 0.0187 e. The van der Waals surface area contributed by atoms with Gasteiger partial charge in [0.1, 0.15) is 0 Å². The lowest BCUT2D eigenvalue weighted by atomic mass is 10.1. The van der Waals surface area contributed by atoms with E-state index in [1.54, 1.807) is 0 Å². The Morgan fingerprint density at radius 2 is 0.839 bits per heavy atom. The third kappa shape index (κ3) is 7.24. The summed E-state index contributed by atoms with van der Waals surface area (Å²) < 4.78 is 0. The number of thioether (sulfide) groups is 2. The molecule has 2 aromatic carbocycles. The molecule has 2 rings (SSSR count). The van der Waals surface area contributed by atoms with Crippen LogP contribution in [0.1, 0.15) is 90.5 Å². The number of hydrogen-bond donors (Lipinski definition) is 0. The molecular formula is C28H42S3. The Hall–Kier alpha value is -0.510. The smallest absolute Gasteiger partial charge is 0.0187 e. The molecule has 3 heteroatoms. The van der Waals surface area contributed by atoms with Crippen LogP contribution in [0.3, 0.4) is 0 Å². The minimum Gasteiger partial charge on any atom is -0.123 e. The van der Waals surface area contributed by atoms with Gasteiger partial charge in [0, 0.05) is 30.1 Å². The number of aryl methyl sites for hydroxylation is 4. The average Bonchev–Trinajstić information content (AvgIpc) is 2.79. The topological polar surface area (TPSA) is 0 Å². The lowest BCUT2D eigenvalue weighted by Gasteiger charge is -2.21. The van der Waals surface area contributed by atoms with Gasteiger partial charge in [0.05, 0.1) is 0 Å². The normalized spacial score (nSPS) is 13.4. The molecule has 0 heterocycles. The highest BCUT2D eigenvalue weighted by Gasteiger charge is 2.17. The van der Waals surface area contributed by atoms with Gasteiger partial charge in [0.2, 0.25) is 0 Å². The van der Waals surface area contributed by atoms with E-state index in [1.807, 2.05) is 35.3 Å². The molecule has 0 aromatic heterocycles. The van der Waals surface area contributed by atoms with Gasteiger partial charge in [-0.05, 0) is 85.0 Å². The first-order chi connectivity index (χ1) is 14.9. The molecule has 0 aliphatic rings. The van der Waals surface area contributed by atoms with Crippen LogP contribution >= 0.6 is 35.3 Å². The van der Waals surface area contributed by atoms with Gasteiger partial charge in [0.25, 0.3) is 0 Å². The second-order valence-corrected chi connectivity index (χ2v) is 12.4. The first-order valence-corrected chi connectivity index (χ1v) is 14.8. The van der Waals surface area contributed by atoms with Crippen molar-refractivity contribution in [2.45, 2.75) is 124 Å². The molecule has 0 radical (unpaired) electrons. The lowest BCUT2D eigenvalue weighted by Crippen LogP contribution is -2.00. The van der Waals surface area contributed by atoms with E-state index in [4.69, 9.17) is 0 Å². The Morgan fingerprint density at radius 3 is 1.06 bits per heavy atom. The second-order valence-electron chi connectivity index (χ2n) is 8.33. The van der Waals surface area contributed by atoms with Crippen molar-refractivity contribution in [1.82, 2.24) is 0 Å². The molecule has 0 saturated carbocycles. The molecular weight excluding hydrogens is 433 g/mol. The van der Waals surface area contributed by atoms with Crippen LogP contribution in [0.15, 0.2) is 43.8 Å². The van der Waals surface area contributed by atoms with Gasteiger partial charge in [-0.1, -0.05) is 67.2 Å². The van der Waals surface area contributed by atoms with E-state index in [1.165, 1.54) is 54.7 Å². The van der Waals surface area contributed by atoms with Gasteiger partial charge < -0.3 is 0 Å². The van der Waals surface area contributed by atoms with Gasteiger partial charge in [-0.3, -0.25) is 0 Å². The van der Waals surface area contributed by atoms with Gasteiger partial charge in [-0.25, -0.2) is 0 Å². The number of hydrogen-bond acceptors (Lipinski definition) is 3. The van der Waals surface area contributed by atoms with Crippen molar-refractivity contribution in [2.75, 3.05) is 0 Å². The van der Waals surface area contributed by atoms with E-state index in [2.05, 4.69) is 79.7 Å². The van der Waals surface area contributed by atoms with Gasteiger partial charge in [-0.2, -0.15) is 0 Å². The van der Waals surface area contributed by atoms with Crippen LogP contribution < -0.4 is 0 Å². The fourth-order valence-corrected chi connectivity index (χ4v) is 7.27. The Bertz CT molecular complexity index is 721. The molecule has 0 amide bonds. The summed E-state index contributed by atoms with van der Waals surface area (Å²) in [5, 5.41) is 1.34. The predicted octanol–water partition coefficient (Wildman–Crippen LogP) is 9.87. The highest BCUT2D eigenvalue weighted by molar-refractivity contribution is 8.00. The van der Waals surface area contributed by atoms with Gasteiger partial charge >= 0.3 is 0 Å². The highest BCUT2D eigenvalue weighted by Crippen LogP contribution is 2.42. The first-order valence-electron chi connectivity index (χ1n) is 12.2. The molecule has 31 heavy (non-hydrogen) atoms. The fraction of sp³-hybridized carbons (Fsp3) is 0.571. The molecule has 172 valence electrons. The third-order valence-electron chi connectivity index (χ3n) is 5.98. The SMILES string of the molecule is CCc1cc(SC(C)CC)cc(CC)c1Sc1c(CC)cc(SC(C)CC)cc1CC. The van der Waals surface area contributed by atoms with E-state index in [-0.39, 0.29) is 0 Å². The van der Waals surface area contributed by atoms with Crippen molar-refractivity contribution < 1.29 is 0 Å². The zero-order chi connectivity index (χ0) is 23.0. The maximum absolute atomic E-state index is 2.46. The largest absolute Gasteiger partial charge is 0.123 e. The van der Waals surface area contributed by atoms with Crippen molar-refractivity contribution in [3.63, 3.8) is 0 Å². The van der Waals surface area contributed by atoms with Crippen molar-refractivity contribution in [1.29, 1.82) is 0 Å². The monoisotopic (exact) mass is 474 g/mol. The van der Waals surface area contributed by atoms with Crippen LogP contribution in [-0.2, 0) is 25.7 Å². The average molecular weight is 475 g/mol. The van der Waals surface area contributed by atoms with E-state index in [0.717, 1.165) is 25.7 Å². The lowest BCUT2D eigenvalue weighted by molar-refractivity contribution is 0.902. The summed E-state index contributed by atoms with van der Waals surface area (Å²) in [5.74, 6) is 0. The van der Waals surface area contributed by atoms with Crippen molar-refractivity contribution in [3.8, 4) is 0 Å². The molecule has 0 N–H and O–H groups in total. The summed E-state index contributed by atoms with van der Waals surface area (Å²) in [6.45, 7) is 18.5. The maximum atomic E-state index is 2.46. The molecule has 0 aliphatic heterocycles. The summed E-state index contributed by atoms with van der Waals surface area (Å²) in [7, 11) is 0. The zero-order valence-corrected chi connectivity index (χ0v) is 23.4. The Balaban J connectivity index is 2.51. The third-order valence-corrected chi connectivity index (χ3v) is 9.93. The molecule has 0 saturated heterocycles. The van der Waals surface area contributed by atoms with E-state index < -0.39 is 0 Å². The Labute approximate surface area is 205 Å². The zero-order valence-electron chi connectivity index (χ0n) is 20.9. The van der Waals surface area contributed by atoms with E-state index >= 15 is 0 Å². The van der Waals surface area contributed by atoms with Gasteiger partial charge in [-0.15, -0.1) is 23.5 Å². The highest BCUT2D eigenvalue weighted by atomic mass is 32.2. The summed E-state index contributed by atoms with van der Waals surface area (Å²) in [5.41, 5.74) is 6.05. The fourth-order valence-electron chi connectivity index (χ4n) is 3.63. The molecule has 0 spiro atoms. The van der Waals surface area contributed by atoms with Crippen LogP contribution in [0, 0.1) is 0 Å². The molecule has 2 atom stereocenters. The van der Waals surface area contributed by atoms with Crippen LogP contribution in [0.25, 0.3) is 0 Å². The van der Waals surface area contributed by atoms with Crippen LogP contribution in [0.5, 0.6) is 0 Å². The van der Waals surface area contributed by atoms with Crippen molar-refractivity contribution in [3.05, 3.63) is 46.5 Å². The summed E-state index contributed by atoms with van der Waals surface area (Å²) >= 11 is 6.10. The number of rotatable bonds is 12. The molecule has 0 nitrogen and oxygen atoms in total. The van der Waals surface area contributed by atoms with Crippen LogP contribution in [0.4, 0.5) is 0 Å². The van der Waals surface area contributed by atoms with Gasteiger partial charge in [0.15, 0.2) is 0 Å². The van der Waals surface area contributed by atoms with Crippen molar-refractivity contribution >= 4 is 35.3 Å². The predicted molar refractivity (Wildman–Crippen MR) is 146 cm³/mol. The summed E-state index contributed by atoms with van der Waals surface area (Å²) in [6, 6.07) is 9.84. The molecule has 2 unspecified atom stereocenters. The second kappa shape index (κ2) is 13.3. The summed E-state index contributed by atoms with van der Waals surface area (Å²) in [4.78, 5) is 5.90. The quantitative estimate of drug-likeness (QED) is 0.281. The first kappa shape index (κ1) is 26.7. The molecule has 0 aliphatic carbocycles. The van der Waals surface area contributed by atoms with Crippen molar-refractivity contribution in [2.24, 2.45) is 0 Å². The minimum atomic E-state index is 0.668.